The molecule has 115 heavy (non-hydrogen) atoms. The number of carboxylic acid groups (broad SMARTS) is 1. The molecule has 0 spiro atoms. The highest BCUT2D eigenvalue weighted by Crippen LogP contribution is 2.36. The van der Waals surface area contributed by atoms with Crippen LogP contribution >= 0.6 is 0 Å². The summed E-state index contributed by atoms with van der Waals surface area (Å²) < 4.78 is 142. The number of esters is 2. The van der Waals surface area contributed by atoms with E-state index in [1.807, 2.05) is 6.07 Å². The predicted molar refractivity (Wildman–Crippen MR) is 421 cm³/mol. The third kappa shape index (κ3) is 21.8. The van der Waals surface area contributed by atoms with Gasteiger partial charge in [-0.05, 0) is 112 Å². The molecule has 4 aliphatic rings. The van der Waals surface area contributed by atoms with E-state index in [9.17, 15) is 62.7 Å². The molecule has 0 bridgehead atoms. The smallest absolute Gasteiger partial charge is 0.340 e. The SMILES string of the molecule is COC(=O)c1ccc(-c2nc(C3CCCN(S(C)(=O)=O)C3)cnc2N)cc1F.COC(=O)c1ccc(-c2nc(C3CCCNC3)cnc2N)cc1F.CS(=O)(=O)N1CCCC(c2cnc(N)c(-c3ccc(C(=O)N[C@H](CO)c4ccccc4)c(F)c3)n2)C1.CS(=O)(=O)N1CCCC(c2cnc(N)c(-c3ccc(C(=O)O)c(F)c3)n2)C1. The van der Waals surface area contributed by atoms with E-state index in [4.69, 9.17) is 28.0 Å². The van der Waals surface area contributed by atoms with E-state index in [-0.39, 0.29) is 93.9 Å². The van der Waals surface area contributed by atoms with Crippen LogP contribution in [-0.4, -0.2) is 204 Å². The molecule has 13 rings (SSSR count). The van der Waals surface area contributed by atoms with E-state index in [1.54, 1.807) is 36.5 Å². The first-order chi connectivity index (χ1) is 54.6. The van der Waals surface area contributed by atoms with Crippen molar-refractivity contribution < 1.29 is 81.7 Å². The number of carboxylic acids is 1. The fraction of sp³-hybridized carbons (Fsp3) is 0.351. The topological polar surface area (TPSA) is 471 Å². The molecule has 9 aromatic rings. The predicted octanol–water partition coefficient (Wildman–Crippen LogP) is 8.08. The molecule has 4 unspecified atom stereocenters. The van der Waals surface area contributed by atoms with Crippen LogP contribution in [0.2, 0.25) is 0 Å². The Balaban J connectivity index is 0.000000164. The molecule has 4 fully saturated rings. The van der Waals surface area contributed by atoms with Gasteiger partial charge in [0.05, 0.1) is 115 Å². The summed E-state index contributed by atoms with van der Waals surface area (Å²) in [6, 6.07) is 24.0. The van der Waals surface area contributed by atoms with Crippen LogP contribution in [0.25, 0.3) is 45.0 Å². The number of nitrogens with one attached hydrogen (secondary N) is 2. The second-order valence-electron chi connectivity index (χ2n) is 27.7. The molecule has 0 saturated carbocycles. The lowest BCUT2D eigenvalue weighted by molar-refractivity contribution is 0.0586. The normalized spacial score (nSPS) is 17.8. The van der Waals surface area contributed by atoms with Gasteiger partial charge in [-0.2, -0.15) is 0 Å². The lowest BCUT2D eigenvalue weighted by Gasteiger charge is -2.30. The first-order valence-corrected chi connectivity index (χ1v) is 41.8. The minimum absolute atomic E-state index is 0.0806. The highest BCUT2D eigenvalue weighted by Gasteiger charge is 2.33. The third-order valence-electron chi connectivity index (χ3n) is 19.8. The van der Waals surface area contributed by atoms with Crippen LogP contribution in [0, 0.1) is 23.3 Å². The van der Waals surface area contributed by atoms with Gasteiger partial charge in [-0.1, -0.05) is 54.6 Å². The average Bonchev–Trinajstić information content (AvgIpc) is 0.805. The van der Waals surface area contributed by atoms with Gasteiger partial charge in [0.15, 0.2) is 0 Å². The Hall–Kier alpha value is -11.1. The maximum atomic E-state index is 15.0. The number of hydrogen-bond acceptors (Lipinski definition) is 26. The fourth-order valence-corrected chi connectivity index (χ4v) is 16.3. The van der Waals surface area contributed by atoms with Crippen LogP contribution < -0.4 is 33.6 Å². The zero-order chi connectivity index (χ0) is 83.2. The van der Waals surface area contributed by atoms with Crippen molar-refractivity contribution in [2.75, 3.05) is 115 Å². The van der Waals surface area contributed by atoms with Crippen molar-refractivity contribution in [1.82, 2.24) is 63.4 Å². The summed E-state index contributed by atoms with van der Waals surface area (Å²) in [7, 11) is -7.54. The van der Waals surface area contributed by atoms with Crippen molar-refractivity contribution in [1.29, 1.82) is 0 Å². The van der Waals surface area contributed by atoms with E-state index in [0.717, 1.165) is 69.1 Å². The number of carbonyl (C=O) groups excluding carboxylic acids is 3. The number of nitrogens with zero attached hydrogens (tertiary/aromatic N) is 11. The molecule has 38 heteroatoms. The fourth-order valence-electron chi connectivity index (χ4n) is 13.6. The van der Waals surface area contributed by atoms with Crippen LogP contribution in [0.1, 0.15) is 151 Å². The van der Waals surface area contributed by atoms with Crippen LogP contribution in [0.5, 0.6) is 0 Å². The number of rotatable bonds is 18. The van der Waals surface area contributed by atoms with E-state index in [0.29, 0.717) is 103 Å². The van der Waals surface area contributed by atoms with Gasteiger partial charge in [-0.15, -0.1) is 0 Å². The summed E-state index contributed by atoms with van der Waals surface area (Å²) in [6.45, 7) is 3.80. The third-order valence-corrected chi connectivity index (χ3v) is 23.6. The molecule has 5 atom stereocenters. The molecular formula is C77H87F4N17O14S3. The molecule has 610 valence electrons. The van der Waals surface area contributed by atoms with Gasteiger partial charge >= 0.3 is 17.9 Å². The number of aromatic carboxylic acids is 1. The number of benzene rings is 5. The largest absolute Gasteiger partial charge is 0.478 e. The maximum absolute atomic E-state index is 15.0. The lowest BCUT2D eigenvalue weighted by atomic mass is 9.96. The number of sulfonamides is 3. The Kier molecular flexibility index (Phi) is 28.4. The number of nitrogen functional groups attached to an aromatic ring is 4. The summed E-state index contributed by atoms with van der Waals surface area (Å²) in [6.07, 6.45) is 16.2. The molecular weight excluding hydrogens is 1560 g/mol. The van der Waals surface area contributed by atoms with E-state index in [1.165, 1.54) is 113 Å². The van der Waals surface area contributed by atoms with Crippen LogP contribution in [-0.2, 0) is 39.5 Å². The zero-order valence-corrected chi connectivity index (χ0v) is 65.7. The number of anilines is 4. The minimum atomic E-state index is -3.33. The summed E-state index contributed by atoms with van der Waals surface area (Å²) in [5.41, 5.74) is 28.8. The Bertz CT molecular complexity index is 5430. The summed E-state index contributed by atoms with van der Waals surface area (Å²) in [5.74, 6) is -6.29. The van der Waals surface area contributed by atoms with E-state index >= 15 is 4.39 Å². The molecule has 0 aliphatic carbocycles. The molecule has 5 aromatic carbocycles. The number of aliphatic hydroxyl groups is 1. The minimum Gasteiger partial charge on any atom is -0.478 e. The van der Waals surface area contributed by atoms with Crippen molar-refractivity contribution in [3.63, 3.8) is 0 Å². The van der Waals surface area contributed by atoms with Gasteiger partial charge in [0.2, 0.25) is 30.1 Å². The Morgan fingerprint density at radius 1 is 0.487 bits per heavy atom. The first-order valence-electron chi connectivity index (χ1n) is 36.3. The van der Waals surface area contributed by atoms with Gasteiger partial charge in [-0.25, -0.2) is 110 Å². The molecule has 12 N–H and O–H groups in total. The molecule has 8 heterocycles. The molecule has 4 aliphatic heterocycles. The number of aromatic nitrogens is 8. The average molecular weight is 1650 g/mol. The van der Waals surface area contributed by atoms with Gasteiger partial charge in [-0.3, -0.25) is 4.79 Å². The molecule has 4 aromatic heterocycles. The molecule has 1 amide bonds. The van der Waals surface area contributed by atoms with Gasteiger partial charge < -0.3 is 53.3 Å². The van der Waals surface area contributed by atoms with Gasteiger partial charge in [0.25, 0.3) is 5.91 Å². The second-order valence-corrected chi connectivity index (χ2v) is 33.7. The number of carbonyl (C=O) groups is 4. The standard InChI is InChI=1S/C25H28FN5O4S.C18H21FN4O4S.C17H19FN4O4S.C17H19FN4O2/c1-36(34,35)31-11-5-8-18(14-31)21-13-28-24(27)23(29-21)17-9-10-19(20(26)12-17)25(33)30-22(15-32)16-6-3-2-4-7-16;1-27-18(24)13-6-5-11(8-14(13)19)16-17(20)21-9-15(22-16)12-4-3-7-23(10-12)28(2,25)26;1-27(25,26)22-6-2-3-11(9-22)14-8-20-16(19)15(21-14)10-4-5-12(17(23)24)13(18)7-10;1-24-17(23)12-5-4-10(7-13(12)18)15-16(19)21-9-14(22-15)11-3-2-6-20-8-11/h2-4,6-7,9-10,12-13,18,22,32H,5,8,11,14-15H2,1H3,(H2,27,28)(H,30,33);5-6,8-9,12H,3-4,7,10H2,1-2H3,(H2,20,21);4-5,7-8,11H,2-3,6,9H2,1H3,(H2,19,20)(H,23,24);4-5,7,9,11,20H,2-3,6,8H2,1H3,(H2,19,21)/t18?,22-;;;/m1.../s1. The quantitative estimate of drug-likeness (QED) is 0.0297. The lowest BCUT2D eigenvalue weighted by Crippen LogP contribution is -2.38. The Labute approximate surface area is 661 Å². The summed E-state index contributed by atoms with van der Waals surface area (Å²) >= 11 is 0. The van der Waals surface area contributed by atoms with E-state index < -0.39 is 88.8 Å². The summed E-state index contributed by atoms with van der Waals surface area (Å²) in [4.78, 5) is 81.6. The maximum Gasteiger partial charge on any atom is 0.340 e. The number of hydrogen-bond donors (Lipinski definition) is 8. The van der Waals surface area contributed by atoms with Crippen molar-refractivity contribution in [3.05, 3.63) is 202 Å². The number of nitrogens with two attached hydrogens (primary N) is 4. The molecule has 4 saturated heterocycles. The van der Waals surface area contributed by atoms with E-state index in [2.05, 4.69) is 60.0 Å². The van der Waals surface area contributed by atoms with Crippen LogP contribution in [0.3, 0.4) is 0 Å². The number of piperidine rings is 4. The zero-order valence-electron chi connectivity index (χ0n) is 63.3. The second kappa shape index (κ2) is 37.9. The number of ether oxygens (including phenoxy) is 2. The van der Waals surface area contributed by atoms with Crippen molar-refractivity contribution in [2.45, 2.75) is 81.1 Å². The molecule has 31 nitrogen and oxygen atoms in total. The number of methoxy groups -OCH3 is 2. The number of aliphatic hydroxyl groups excluding tert-OH is 1. The first kappa shape index (κ1) is 86.3. The van der Waals surface area contributed by atoms with Crippen LogP contribution in [0.4, 0.5) is 40.8 Å². The number of amides is 1. The van der Waals surface area contributed by atoms with Crippen molar-refractivity contribution in [2.24, 2.45) is 0 Å². The highest BCUT2D eigenvalue weighted by atomic mass is 32.2. The number of halogens is 4. The van der Waals surface area contributed by atoms with Gasteiger partial charge in [0, 0.05) is 91.7 Å². The Morgan fingerprint density at radius 3 is 1.10 bits per heavy atom. The Morgan fingerprint density at radius 2 is 0.809 bits per heavy atom. The van der Waals surface area contributed by atoms with Crippen molar-refractivity contribution in [3.8, 4) is 45.0 Å². The van der Waals surface area contributed by atoms with Crippen molar-refractivity contribution >= 4 is 77.2 Å². The monoisotopic (exact) mass is 1650 g/mol. The van der Waals surface area contributed by atoms with Crippen LogP contribution in [0.15, 0.2) is 128 Å². The summed E-state index contributed by atoms with van der Waals surface area (Å²) in [5, 5.41) is 24.6. The molecule has 0 radical (unpaired) electrons. The highest BCUT2D eigenvalue weighted by molar-refractivity contribution is 7.88. The van der Waals surface area contributed by atoms with Gasteiger partial charge in [0.1, 0.15) is 69.3 Å².